The molecule has 2 aromatic rings. The van der Waals surface area contributed by atoms with Crippen LogP contribution in [0.25, 0.3) is 0 Å². The zero-order valence-corrected chi connectivity index (χ0v) is 18.6. The van der Waals surface area contributed by atoms with Gasteiger partial charge in [-0.05, 0) is 49.2 Å². The Balaban J connectivity index is 1.59. The lowest BCUT2D eigenvalue weighted by atomic mass is 9.94. The summed E-state index contributed by atoms with van der Waals surface area (Å²) in [6.07, 6.45) is 3.11. The standard InChI is InChI=1S/C21H22BrClN2O2S/c1-2-11-25(14-18-7-8-19(23)28-18)21(27)16-9-12-24(13-10-16)20(26)15-3-5-17(22)6-4-15/h2-8,16H,1,9-14H2. The van der Waals surface area contributed by atoms with Crippen LogP contribution in [-0.4, -0.2) is 41.2 Å². The predicted molar refractivity (Wildman–Crippen MR) is 118 cm³/mol. The van der Waals surface area contributed by atoms with E-state index in [9.17, 15) is 9.59 Å². The second-order valence-electron chi connectivity index (χ2n) is 6.79. The Morgan fingerprint density at radius 1 is 1.21 bits per heavy atom. The highest BCUT2D eigenvalue weighted by Gasteiger charge is 2.30. The van der Waals surface area contributed by atoms with E-state index >= 15 is 0 Å². The van der Waals surface area contributed by atoms with Crippen molar-refractivity contribution < 1.29 is 9.59 Å². The van der Waals surface area contributed by atoms with Crippen molar-refractivity contribution in [1.29, 1.82) is 0 Å². The summed E-state index contributed by atoms with van der Waals surface area (Å²) in [6, 6.07) is 11.2. The Morgan fingerprint density at radius 3 is 2.46 bits per heavy atom. The minimum absolute atomic E-state index is 0.0228. The summed E-state index contributed by atoms with van der Waals surface area (Å²) in [7, 11) is 0. The first-order valence-corrected chi connectivity index (χ1v) is 11.2. The van der Waals surface area contributed by atoms with E-state index in [2.05, 4.69) is 22.5 Å². The number of nitrogens with zero attached hydrogens (tertiary/aromatic N) is 2. The van der Waals surface area contributed by atoms with E-state index in [4.69, 9.17) is 11.6 Å². The molecule has 7 heteroatoms. The number of hydrogen-bond donors (Lipinski definition) is 0. The maximum Gasteiger partial charge on any atom is 0.253 e. The fourth-order valence-corrected chi connectivity index (χ4v) is 4.74. The lowest BCUT2D eigenvalue weighted by molar-refractivity contribution is -0.137. The van der Waals surface area contributed by atoms with E-state index in [1.807, 2.05) is 46.2 Å². The van der Waals surface area contributed by atoms with E-state index in [0.717, 1.165) is 13.7 Å². The van der Waals surface area contributed by atoms with Crippen molar-refractivity contribution in [1.82, 2.24) is 9.80 Å². The zero-order valence-electron chi connectivity index (χ0n) is 15.4. The first kappa shape index (κ1) is 21.1. The smallest absolute Gasteiger partial charge is 0.253 e. The summed E-state index contributed by atoms with van der Waals surface area (Å²) < 4.78 is 1.67. The lowest BCUT2D eigenvalue weighted by Gasteiger charge is -2.34. The number of likely N-dealkylation sites (tertiary alicyclic amines) is 1. The van der Waals surface area contributed by atoms with E-state index in [0.29, 0.717) is 44.6 Å². The van der Waals surface area contributed by atoms with Crippen molar-refractivity contribution in [2.75, 3.05) is 19.6 Å². The van der Waals surface area contributed by atoms with Crippen LogP contribution >= 0.6 is 38.9 Å². The van der Waals surface area contributed by atoms with Gasteiger partial charge in [0.1, 0.15) is 0 Å². The Hall–Kier alpha value is -1.63. The third-order valence-corrected chi connectivity index (χ3v) is 6.60. The quantitative estimate of drug-likeness (QED) is 0.530. The van der Waals surface area contributed by atoms with Crippen LogP contribution in [0, 0.1) is 5.92 Å². The molecule has 1 aromatic carbocycles. The summed E-state index contributed by atoms with van der Waals surface area (Å²) in [5.74, 6) is 0.0825. The van der Waals surface area contributed by atoms with Crippen molar-refractivity contribution in [3.63, 3.8) is 0 Å². The summed E-state index contributed by atoms with van der Waals surface area (Å²) in [4.78, 5) is 30.4. The fraction of sp³-hybridized carbons (Fsp3) is 0.333. The number of carbonyl (C=O) groups is 2. The van der Waals surface area contributed by atoms with Crippen molar-refractivity contribution in [2.24, 2.45) is 5.92 Å². The van der Waals surface area contributed by atoms with Crippen molar-refractivity contribution >= 4 is 50.7 Å². The predicted octanol–water partition coefficient (Wildman–Crippen LogP) is 5.23. The number of carbonyl (C=O) groups excluding carboxylic acids is 2. The van der Waals surface area contributed by atoms with E-state index in [1.165, 1.54) is 11.3 Å². The van der Waals surface area contributed by atoms with Gasteiger partial charge in [0.15, 0.2) is 0 Å². The molecule has 1 aliphatic rings. The van der Waals surface area contributed by atoms with Crippen LogP contribution in [-0.2, 0) is 11.3 Å². The molecule has 28 heavy (non-hydrogen) atoms. The average Bonchev–Trinajstić information content (AvgIpc) is 3.12. The van der Waals surface area contributed by atoms with E-state index in [-0.39, 0.29) is 17.7 Å². The van der Waals surface area contributed by atoms with Crippen molar-refractivity contribution in [3.8, 4) is 0 Å². The molecule has 1 saturated heterocycles. The summed E-state index contributed by atoms with van der Waals surface area (Å²) in [6.45, 7) is 6.02. The van der Waals surface area contributed by atoms with Crippen LogP contribution < -0.4 is 0 Å². The molecule has 0 saturated carbocycles. The third-order valence-electron chi connectivity index (χ3n) is 4.86. The van der Waals surface area contributed by atoms with Gasteiger partial charge < -0.3 is 9.80 Å². The Labute approximate surface area is 182 Å². The minimum Gasteiger partial charge on any atom is -0.339 e. The van der Waals surface area contributed by atoms with Gasteiger partial charge in [-0.2, -0.15) is 0 Å². The van der Waals surface area contributed by atoms with E-state index in [1.54, 1.807) is 6.08 Å². The van der Waals surface area contributed by atoms with Crippen LogP contribution in [0.2, 0.25) is 4.34 Å². The maximum atomic E-state index is 13.0. The summed E-state index contributed by atoms with van der Waals surface area (Å²) in [5.41, 5.74) is 0.677. The first-order chi connectivity index (χ1) is 13.5. The molecule has 148 valence electrons. The molecule has 0 N–H and O–H groups in total. The molecule has 1 aliphatic heterocycles. The number of rotatable bonds is 6. The SMILES string of the molecule is C=CCN(Cc1ccc(Cl)s1)C(=O)C1CCN(C(=O)c2ccc(Br)cc2)CC1. The van der Waals surface area contributed by atoms with Gasteiger partial charge in [0.2, 0.25) is 5.91 Å². The van der Waals surface area contributed by atoms with Gasteiger partial charge in [-0.3, -0.25) is 9.59 Å². The van der Waals surface area contributed by atoms with Crippen LogP contribution in [0.4, 0.5) is 0 Å². The molecule has 0 radical (unpaired) electrons. The van der Waals surface area contributed by atoms with Gasteiger partial charge in [-0.25, -0.2) is 0 Å². The van der Waals surface area contributed by atoms with Crippen LogP contribution in [0.3, 0.4) is 0 Å². The zero-order chi connectivity index (χ0) is 20.1. The largest absolute Gasteiger partial charge is 0.339 e. The second-order valence-corrected chi connectivity index (χ2v) is 9.50. The number of benzene rings is 1. The Bertz CT molecular complexity index is 844. The number of hydrogen-bond acceptors (Lipinski definition) is 3. The van der Waals surface area contributed by atoms with Gasteiger partial charge in [0.25, 0.3) is 5.91 Å². The topological polar surface area (TPSA) is 40.6 Å². The second kappa shape index (κ2) is 9.72. The number of piperidine rings is 1. The molecule has 1 aromatic heterocycles. The molecule has 0 unspecified atom stereocenters. The molecule has 0 aliphatic carbocycles. The third kappa shape index (κ3) is 5.25. The molecule has 0 spiro atoms. The summed E-state index contributed by atoms with van der Waals surface area (Å²) in [5, 5.41) is 0. The van der Waals surface area contributed by atoms with Gasteiger partial charge >= 0.3 is 0 Å². The molecule has 4 nitrogen and oxygen atoms in total. The molecule has 3 rings (SSSR count). The Morgan fingerprint density at radius 2 is 1.89 bits per heavy atom. The van der Waals surface area contributed by atoms with E-state index < -0.39 is 0 Å². The highest BCUT2D eigenvalue weighted by molar-refractivity contribution is 9.10. The normalized spacial score (nSPS) is 14.7. The summed E-state index contributed by atoms with van der Waals surface area (Å²) >= 11 is 10.9. The molecule has 2 heterocycles. The molecule has 2 amide bonds. The average molecular weight is 482 g/mol. The minimum atomic E-state index is -0.0654. The molecule has 1 fully saturated rings. The van der Waals surface area contributed by atoms with Gasteiger partial charge in [-0.15, -0.1) is 17.9 Å². The number of amides is 2. The molecule has 0 atom stereocenters. The lowest BCUT2D eigenvalue weighted by Crippen LogP contribution is -2.44. The molecule has 0 bridgehead atoms. The molecular formula is C21H22BrClN2O2S. The van der Waals surface area contributed by atoms with Crippen LogP contribution in [0.15, 0.2) is 53.5 Å². The van der Waals surface area contributed by atoms with Crippen molar-refractivity contribution in [3.05, 3.63) is 68.3 Å². The number of thiophene rings is 1. The molecular weight excluding hydrogens is 460 g/mol. The highest BCUT2D eigenvalue weighted by atomic mass is 79.9. The fourth-order valence-electron chi connectivity index (χ4n) is 3.38. The Kier molecular flexibility index (Phi) is 7.32. The first-order valence-electron chi connectivity index (χ1n) is 9.16. The highest BCUT2D eigenvalue weighted by Crippen LogP contribution is 2.26. The monoisotopic (exact) mass is 480 g/mol. The van der Waals surface area contributed by atoms with Gasteiger partial charge in [0.05, 0.1) is 10.9 Å². The van der Waals surface area contributed by atoms with Crippen LogP contribution in [0.5, 0.6) is 0 Å². The van der Waals surface area contributed by atoms with Gasteiger partial charge in [0, 0.05) is 40.5 Å². The maximum absolute atomic E-state index is 13.0. The van der Waals surface area contributed by atoms with Gasteiger partial charge in [-0.1, -0.05) is 33.6 Å². The van der Waals surface area contributed by atoms with Crippen molar-refractivity contribution in [2.45, 2.75) is 19.4 Å². The van der Waals surface area contributed by atoms with Crippen LogP contribution in [0.1, 0.15) is 28.1 Å². The number of halogens is 2.